The maximum atomic E-state index is 12.8. The topological polar surface area (TPSA) is 83.6 Å². The summed E-state index contributed by atoms with van der Waals surface area (Å²) < 4.78 is 15.8. The molecule has 2 aliphatic rings. The van der Waals surface area contributed by atoms with Gasteiger partial charge in [0.1, 0.15) is 5.75 Å². The summed E-state index contributed by atoms with van der Waals surface area (Å²) in [6.45, 7) is 3.17. The van der Waals surface area contributed by atoms with Crippen LogP contribution >= 0.6 is 0 Å². The van der Waals surface area contributed by atoms with E-state index in [1.807, 2.05) is 35.2 Å². The molecular formula is C24H30N4O5. The van der Waals surface area contributed by atoms with Gasteiger partial charge in [-0.1, -0.05) is 0 Å². The van der Waals surface area contributed by atoms with Gasteiger partial charge in [-0.3, -0.25) is 4.79 Å². The van der Waals surface area contributed by atoms with E-state index in [-0.39, 0.29) is 24.4 Å². The number of piperazine rings is 1. The molecule has 2 saturated heterocycles. The third kappa shape index (κ3) is 4.92. The summed E-state index contributed by atoms with van der Waals surface area (Å²) in [4.78, 5) is 31.2. The first-order valence-electron chi connectivity index (χ1n) is 11.0. The molecule has 2 heterocycles. The quantitative estimate of drug-likeness (QED) is 0.722. The lowest BCUT2D eigenvalue weighted by atomic mass is 10.2. The summed E-state index contributed by atoms with van der Waals surface area (Å²) in [6, 6.07) is 12.9. The van der Waals surface area contributed by atoms with Gasteiger partial charge in [-0.05, 0) is 36.4 Å². The lowest BCUT2D eigenvalue weighted by Gasteiger charge is -2.36. The maximum absolute atomic E-state index is 12.8. The van der Waals surface area contributed by atoms with Crippen LogP contribution < -0.4 is 29.3 Å². The van der Waals surface area contributed by atoms with E-state index in [0.717, 1.165) is 30.2 Å². The van der Waals surface area contributed by atoms with Crippen LogP contribution in [0.5, 0.6) is 17.2 Å². The lowest BCUT2D eigenvalue weighted by Crippen LogP contribution is -2.53. The zero-order valence-corrected chi connectivity index (χ0v) is 19.2. The number of ether oxygens (including phenoxy) is 3. The summed E-state index contributed by atoms with van der Waals surface area (Å²) in [6.07, 6.45) is 0.270. The fraction of sp³-hybridized carbons (Fsp3) is 0.417. The molecule has 1 N–H and O–H groups in total. The van der Waals surface area contributed by atoms with Crippen molar-refractivity contribution < 1.29 is 23.8 Å². The minimum Gasteiger partial charge on any atom is -0.497 e. The molecule has 2 aromatic rings. The predicted molar refractivity (Wildman–Crippen MR) is 126 cm³/mol. The van der Waals surface area contributed by atoms with Crippen molar-refractivity contribution in [3.05, 3.63) is 42.5 Å². The van der Waals surface area contributed by atoms with Gasteiger partial charge in [-0.25, -0.2) is 4.79 Å². The van der Waals surface area contributed by atoms with Crippen LogP contribution in [0.25, 0.3) is 0 Å². The minimum absolute atomic E-state index is 0.0307. The van der Waals surface area contributed by atoms with Crippen LogP contribution in [0.1, 0.15) is 6.42 Å². The zero-order valence-electron chi connectivity index (χ0n) is 19.2. The van der Waals surface area contributed by atoms with Crippen LogP contribution in [0.3, 0.4) is 0 Å². The van der Waals surface area contributed by atoms with Crippen LogP contribution in [-0.4, -0.2) is 76.9 Å². The molecule has 2 aromatic carbocycles. The first kappa shape index (κ1) is 22.6. The predicted octanol–water partition coefficient (Wildman–Crippen LogP) is 2.35. The number of methoxy groups -OCH3 is 3. The minimum atomic E-state index is -0.238. The van der Waals surface area contributed by atoms with Crippen LogP contribution in [-0.2, 0) is 4.79 Å². The van der Waals surface area contributed by atoms with E-state index >= 15 is 0 Å². The molecule has 3 amide bonds. The van der Waals surface area contributed by atoms with Gasteiger partial charge in [0.2, 0.25) is 5.91 Å². The van der Waals surface area contributed by atoms with Crippen LogP contribution in [0, 0.1) is 0 Å². The smallest absolute Gasteiger partial charge is 0.317 e. The molecule has 2 aliphatic heterocycles. The number of anilines is 2. The molecule has 4 rings (SSSR count). The highest BCUT2D eigenvalue weighted by molar-refractivity contribution is 5.97. The number of carbonyl (C=O) groups excluding carboxylic acids is 2. The molecule has 9 heteroatoms. The van der Waals surface area contributed by atoms with Crippen LogP contribution in [0.4, 0.5) is 16.2 Å². The van der Waals surface area contributed by atoms with E-state index in [1.54, 1.807) is 38.4 Å². The molecule has 0 aliphatic carbocycles. The van der Waals surface area contributed by atoms with Crippen molar-refractivity contribution in [1.82, 2.24) is 10.2 Å². The highest BCUT2D eigenvalue weighted by Gasteiger charge is 2.33. The lowest BCUT2D eigenvalue weighted by molar-refractivity contribution is -0.117. The van der Waals surface area contributed by atoms with Crippen molar-refractivity contribution in [2.45, 2.75) is 12.5 Å². The number of nitrogens with one attached hydrogen (secondary N) is 1. The fourth-order valence-corrected chi connectivity index (χ4v) is 4.27. The van der Waals surface area contributed by atoms with E-state index in [4.69, 9.17) is 14.2 Å². The van der Waals surface area contributed by atoms with Gasteiger partial charge in [0.15, 0.2) is 11.5 Å². The Bertz CT molecular complexity index is 989. The molecule has 0 spiro atoms. The van der Waals surface area contributed by atoms with E-state index in [2.05, 4.69) is 10.2 Å². The molecule has 1 unspecified atom stereocenters. The zero-order chi connectivity index (χ0) is 23.4. The van der Waals surface area contributed by atoms with E-state index < -0.39 is 0 Å². The van der Waals surface area contributed by atoms with Crippen LogP contribution in [0.2, 0.25) is 0 Å². The highest BCUT2D eigenvalue weighted by Crippen LogP contribution is 2.33. The number of carbonyl (C=O) groups is 2. The molecule has 0 saturated carbocycles. The molecule has 0 aromatic heterocycles. The monoisotopic (exact) mass is 454 g/mol. The summed E-state index contributed by atoms with van der Waals surface area (Å²) in [5.74, 6) is 1.96. The standard InChI is InChI=1S/C24H30N4O5/c1-31-20-7-4-18(5-8-20)26-10-12-27(13-11-26)24(30)25-17-14-23(29)28(16-17)19-6-9-21(32-2)22(15-19)33-3/h4-9,15,17H,10-14,16H2,1-3H3,(H,25,30). The van der Waals surface area contributed by atoms with Crippen molar-refractivity contribution in [1.29, 1.82) is 0 Å². The fourth-order valence-electron chi connectivity index (χ4n) is 4.27. The largest absolute Gasteiger partial charge is 0.497 e. The third-order valence-electron chi connectivity index (χ3n) is 6.14. The molecule has 1 atom stereocenters. The molecular weight excluding hydrogens is 424 g/mol. The first-order chi connectivity index (χ1) is 16.0. The van der Waals surface area contributed by atoms with Gasteiger partial charge >= 0.3 is 6.03 Å². The average Bonchev–Trinajstić information content (AvgIpc) is 3.23. The van der Waals surface area contributed by atoms with Crippen molar-refractivity contribution in [3.8, 4) is 17.2 Å². The Morgan fingerprint density at radius 1 is 0.879 bits per heavy atom. The number of hydrogen-bond donors (Lipinski definition) is 1. The van der Waals surface area contributed by atoms with Gasteiger partial charge in [-0.15, -0.1) is 0 Å². The van der Waals surface area contributed by atoms with Gasteiger partial charge < -0.3 is 34.2 Å². The molecule has 33 heavy (non-hydrogen) atoms. The van der Waals surface area contributed by atoms with E-state index in [1.165, 1.54) is 0 Å². The second-order valence-corrected chi connectivity index (χ2v) is 8.07. The number of urea groups is 1. The Kier molecular flexibility index (Phi) is 6.76. The first-order valence-corrected chi connectivity index (χ1v) is 11.0. The average molecular weight is 455 g/mol. The second kappa shape index (κ2) is 9.89. The summed E-state index contributed by atoms with van der Waals surface area (Å²) >= 11 is 0. The molecule has 0 radical (unpaired) electrons. The number of hydrogen-bond acceptors (Lipinski definition) is 6. The Morgan fingerprint density at radius 3 is 2.18 bits per heavy atom. The Morgan fingerprint density at radius 2 is 1.55 bits per heavy atom. The number of nitrogens with zero attached hydrogens (tertiary/aromatic N) is 3. The normalized spacial score (nSPS) is 18.3. The molecule has 9 nitrogen and oxygen atoms in total. The summed E-state index contributed by atoms with van der Waals surface area (Å²) in [7, 11) is 4.78. The third-order valence-corrected chi connectivity index (χ3v) is 6.14. The van der Waals surface area contributed by atoms with Crippen molar-refractivity contribution in [2.75, 3.05) is 63.9 Å². The van der Waals surface area contributed by atoms with E-state index in [9.17, 15) is 9.59 Å². The molecule has 0 bridgehead atoms. The molecule has 176 valence electrons. The van der Waals surface area contributed by atoms with Gasteiger partial charge in [-0.2, -0.15) is 0 Å². The number of rotatable bonds is 6. The highest BCUT2D eigenvalue weighted by atomic mass is 16.5. The van der Waals surface area contributed by atoms with E-state index in [0.29, 0.717) is 31.1 Å². The SMILES string of the molecule is COc1ccc(N2CCN(C(=O)NC3CC(=O)N(c4ccc(OC)c(OC)c4)C3)CC2)cc1. The Balaban J connectivity index is 1.31. The second-order valence-electron chi connectivity index (χ2n) is 8.07. The Hall–Kier alpha value is -3.62. The van der Waals surface area contributed by atoms with Gasteiger partial charge in [0.05, 0.1) is 27.4 Å². The van der Waals surface area contributed by atoms with Crippen molar-refractivity contribution in [2.24, 2.45) is 0 Å². The van der Waals surface area contributed by atoms with Crippen molar-refractivity contribution in [3.63, 3.8) is 0 Å². The summed E-state index contributed by atoms with van der Waals surface area (Å²) in [5.41, 5.74) is 1.84. The number of benzene rings is 2. The summed E-state index contributed by atoms with van der Waals surface area (Å²) in [5, 5.41) is 3.03. The molecule has 2 fully saturated rings. The van der Waals surface area contributed by atoms with Gasteiger partial charge in [0.25, 0.3) is 0 Å². The maximum Gasteiger partial charge on any atom is 0.317 e. The van der Waals surface area contributed by atoms with Gasteiger partial charge in [0, 0.05) is 56.6 Å². The van der Waals surface area contributed by atoms with Crippen molar-refractivity contribution >= 4 is 23.3 Å². The Labute approximate surface area is 193 Å². The van der Waals surface area contributed by atoms with Crippen LogP contribution in [0.15, 0.2) is 42.5 Å². The number of amides is 3.